The fourth-order valence-electron chi connectivity index (χ4n) is 3.74. The second-order valence-electron chi connectivity index (χ2n) is 7.25. The van der Waals surface area contributed by atoms with Crippen LogP contribution in [0.3, 0.4) is 0 Å². The first-order chi connectivity index (χ1) is 11.9. The second kappa shape index (κ2) is 5.89. The average Bonchev–Trinajstić information content (AvgIpc) is 2.55. The summed E-state index contributed by atoms with van der Waals surface area (Å²) in [5, 5.41) is 4.86. The molecule has 25 heavy (non-hydrogen) atoms. The van der Waals surface area contributed by atoms with E-state index in [1.807, 2.05) is 18.2 Å². The van der Waals surface area contributed by atoms with E-state index in [1.54, 1.807) is 0 Å². The van der Waals surface area contributed by atoms with Gasteiger partial charge in [-0.05, 0) is 61.0 Å². The molecule has 2 aliphatic heterocycles. The number of anilines is 1. The van der Waals surface area contributed by atoms with E-state index in [0.29, 0.717) is 16.1 Å². The highest BCUT2D eigenvalue weighted by Crippen LogP contribution is 2.46. The van der Waals surface area contributed by atoms with E-state index in [2.05, 4.69) is 55.3 Å². The molecule has 0 unspecified atom stereocenters. The standard InChI is InChI=1S/C20H21ClN2OS/c1-12(2)13-4-7-15(8-5-13)23-19(25)22-17-11-20(23,3)24-18-9-6-14(21)10-16(17)18/h4-10,12,17H,11H2,1-3H3,(H,22,25)/t17-,20+/m0/s1. The van der Waals surface area contributed by atoms with Crippen molar-refractivity contribution in [1.82, 2.24) is 5.32 Å². The lowest BCUT2D eigenvalue weighted by Crippen LogP contribution is -2.65. The highest BCUT2D eigenvalue weighted by atomic mass is 35.5. The summed E-state index contributed by atoms with van der Waals surface area (Å²) in [7, 11) is 0. The molecular formula is C20H21ClN2OS. The first-order valence-corrected chi connectivity index (χ1v) is 9.35. The van der Waals surface area contributed by atoms with Gasteiger partial charge in [0, 0.05) is 22.7 Å². The molecule has 2 aliphatic rings. The third-order valence-electron chi connectivity index (χ3n) is 5.05. The van der Waals surface area contributed by atoms with Crippen molar-refractivity contribution in [2.45, 2.75) is 44.9 Å². The number of nitrogens with zero attached hydrogens (tertiary/aromatic N) is 1. The lowest BCUT2D eigenvalue weighted by molar-refractivity contribution is 0.0498. The van der Waals surface area contributed by atoms with Gasteiger partial charge in [0.1, 0.15) is 5.75 Å². The van der Waals surface area contributed by atoms with E-state index in [4.69, 9.17) is 28.6 Å². The van der Waals surface area contributed by atoms with Gasteiger partial charge in [-0.15, -0.1) is 0 Å². The van der Waals surface area contributed by atoms with Gasteiger partial charge in [0.2, 0.25) is 0 Å². The molecule has 0 aliphatic carbocycles. The number of hydrogen-bond donors (Lipinski definition) is 1. The molecule has 2 bridgehead atoms. The minimum Gasteiger partial charge on any atom is -0.467 e. The monoisotopic (exact) mass is 372 g/mol. The molecular weight excluding hydrogens is 352 g/mol. The summed E-state index contributed by atoms with van der Waals surface area (Å²) in [6.07, 6.45) is 0.798. The molecule has 3 nitrogen and oxygen atoms in total. The van der Waals surface area contributed by atoms with Gasteiger partial charge in [0.05, 0.1) is 6.04 Å². The third-order valence-corrected chi connectivity index (χ3v) is 5.59. The summed E-state index contributed by atoms with van der Waals surface area (Å²) >= 11 is 11.8. The topological polar surface area (TPSA) is 24.5 Å². The van der Waals surface area contributed by atoms with E-state index in [9.17, 15) is 0 Å². The van der Waals surface area contributed by atoms with Crippen molar-refractivity contribution >= 4 is 34.6 Å². The summed E-state index contributed by atoms with van der Waals surface area (Å²) in [6.45, 7) is 6.49. The lowest BCUT2D eigenvalue weighted by Gasteiger charge is -2.52. The third kappa shape index (κ3) is 2.77. The lowest BCUT2D eigenvalue weighted by atomic mass is 9.90. The number of fused-ring (bicyclic) bond motifs is 4. The van der Waals surface area contributed by atoms with Crippen molar-refractivity contribution in [1.29, 1.82) is 0 Å². The maximum Gasteiger partial charge on any atom is 0.188 e. The normalized spacial score (nSPS) is 24.6. The van der Waals surface area contributed by atoms with E-state index in [-0.39, 0.29) is 6.04 Å². The van der Waals surface area contributed by atoms with Crippen LogP contribution in [0.15, 0.2) is 42.5 Å². The van der Waals surface area contributed by atoms with Gasteiger partial charge in [0.15, 0.2) is 10.8 Å². The largest absolute Gasteiger partial charge is 0.467 e. The number of rotatable bonds is 2. The van der Waals surface area contributed by atoms with Crippen LogP contribution in [0.5, 0.6) is 5.75 Å². The Hall–Kier alpha value is -1.78. The predicted octanol–water partition coefficient (Wildman–Crippen LogP) is 5.40. The summed E-state index contributed by atoms with van der Waals surface area (Å²) in [4.78, 5) is 2.08. The molecule has 0 saturated carbocycles. The van der Waals surface area contributed by atoms with Gasteiger partial charge in [-0.1, -0.05) is 37.6 Å². The molecule has 2 atom stereocenters. The molecule has 0 spiro atoms. The molecule has 1 saturated heterocycles. The van der Waals surface area contributed by atoms with Crippen molar-refractivity contribution < 1.29 is 4.74 Å². The quantitative estimate of drug-likeness (QED) is 0.713. The molecule has 4 rings (SSSR count). The molecule has 1 fully saturated rings. The molecule has 0 aromatic heterocycles. The maximum absolute atomic E-state index is 6.40. The van der Waals surface area contributed by atoms with Crippen LogP contribution < -0.4 is 15.0 Å². The minimum absolute atomic E-state index is 0.117. The fourth-order valence-corrected chi connectivity index (χ4v) is 4.37. The highest BCUT2D eigenvalue weighted by Gasteiger charge is 2.48. The van der Waals surface area contributed by atoms with Gasteiger partial charge < -0.3 is 10.1 Å². The molecule has 1 N–H and O–H groups in total. The van der Waals surface area contributed by atoms with E-state index in [0.717, 1.165) is 23.4 Å². The highest BCUT2D eigenvalue weighted by molar-refractivity contribution is 7.80. The number of ether oxygens (including phenoxy) is 1. The van der Waals surface area contributed by atoms with E-state index >= 15 is 0 Å². The van der Waals surface area contributed by atoms with Crippen molar-refractivity contribution in [2.75, 3.05) is 4.90 Å². The average molecular weight is 373 g/mol. The zero-order chi connectivity index (χ0) is 17.8. The molecule has 2 heterocycles. The van der Waals surface area contributed by atoms with Crippen LogP contribution in [0.4, 0.5) is 5.69 Å². The maximum atomic E-state index is 6.40. The Morgan fingerprint density at radius 3 is 2.64 bits per heavy atom. The Labute approximate surface area is 158 Å². The Balaban J connectivity index is 1.73. The second-order valence-corrected chi connectivity index (χ2v) is 8.07. The fraction of sp³-hybridized carbons (Fsp3) is 0.350. The van der Waals surface area contributed by atoms with Crippen LogP contribution in [-0.4, -0.2) is 10.8 Å². The minimum atomic E-state index is -0.521. The molecule has 0 amide bonds. The smallest absolute Gasteiger partial charge is 0.188 e. The van der Waals surface area contributed by atoms with Crippen molar-refractivity contribution in [3.05, 3.63) is 58.6 Å². The van der Waals surface area contributed by atoms with Gasteiger partial charge in [-0.3, -0.25) is 4.90 Å². The van der Waals surface area contributed by atoms with Gasteiger partial charge >= 0.3 is 0 Å². The van der Waals surface area contributed by atoms with E-state index < -0.39 is 5.72 Å². The zero-order valence-electron chi connectivity index (χ0n) is 14.5. The number of benzene rings is 2. The van der Waals surface area contributed by atoms with Crippen LogP contribution in [0.2, 0.25) is 5.02 Å². The SMILES string of the molecule is CC(C)c1ccc(N2C(=S)N[C@H]3C[C@@]2(C)Oc2ccc(Cl)cc23)cc1. The first kappa shape index (κ1) is 16.7. The molecule has 130 valence electrons. The number of halogens is 1. The van der Waals surface area contributed by atoms with Crippen molar-refractivity contribution in [3.8, 4) is 5.75 Å². The molecule has 0 radical (unpaired) electrons. The van der Waals surface area contributed by atoms with Crippen LogP contribution in [0, 0.1) is 0 Å². The first-order valence-electron chi connectivity index (χ1n) is 8.56. The van der Waals surface area contributed by atoms with Crippen LogP contribution in [-0.2, 0) is 0 Å². The predicted molar refractivity (Wildman–Crippen MR) is 107 cm³/mol. The summed E-state index contributed by atoms with van der Waals surface area (Å²) in [6, 6.07) is 14.5. The Bertz CT molecular complexity index is 836. The van der Waals surface area contributed by atoms with Crippen molar-refractivity contribution in [2.24, 2.45) is 0 Å². The van der Waals surface area contributed by atoms with Gasteiger partial charge in [0.25, 0.3) is 0 Å². The van der Waals surface area contributed by atoms with Gasteiger partial charge in [-0.2, -0.15) is 0 Å². The Morgan fingerprint density at radius 1 is 1.24 bits per heavy atom. The number of nitrogens with one attached hydrogen (secondary N) is 1. The number of thiocarbonyl (C=S) groups is 1. The zero-order valence-corrected chi connectivity index (χ0v) is 16.1. The van der Waals surface area contributed by atoms with E-state index in [1.165, 1.54) is 5.56 Å². The van der Waals surface area contributed by atoms with Gasteiger partial charge in [-0.25, -0.2) is 0 Å². The molecule has 2 aromatic rings. The Morgan fingerprint density at radius 2 is 1.96 bits per heavy atom. The molecule has 5 heteroatoms. The van der Waals surface area contributed by atoms with Crippen molar-refractivity contribution in [3.63, 3.8) is 0 Å². The van der Waals surface area contributed by atoms with Crippen LogP contribution >= 0.6 is 23.8 Å². The van der Waals surface area contributed by atoms with Crippen LogP contribution in [0.25, 0.3) is 0 Å². The summed E-state index contributed by atoms with van der Waals surface area (Å²) < 4.78 is 6.40. The van der Waals surface area contributed by atoms with Crippen LogP contribution in [0.1, 0.15) is 50.3 Å². The number of hydrogen-bond acceptors (Lipinski definition) is 2. The molecule has 2 aromatic carbocycles. The Kier molecular flexibility index (Phi) is 3.93. The summed E-state index contributed by atoms with van der Waals surface area (Å²) in [5.41, 5.74) is 2.90. The summed E-state index contributed by atoms with van der Waals surface area (Å²) in [5.74, 6) is 1.37.